The molecule has 0 saturated carbocycles. The van der Waals surface area contributed by atoms with Crippen molar-refractivity contribution in [1.82, 2.24) is 0 Å². The Hall–Kier alpha value is -2.63. The molecule has 0 amide bonds. The Balaban J connectivity index is 2.20. The highest BCUT2D eigenvalue weighted by molar-refractivity contribution is 5.49. The van der Waals surface area contributed by atoms with Crippen LogP contribution in [-0.2, 0) is 6.54 Å². The molecule has 0 aliphatic rings. The molecule has 0 aliphatic carbocycles. The van der Waals surface area contributed by atoms with Crippen molar-refractivity contribution in [1.29, 1.82) is 0 Å². The van der Waals surface area contributed by atoms with Gasteiger partial charge in [-0.15, -0.1) is 0 Å². The minimum atomic E-state index is -0.789. The summed E-state index contributed by atoms with van der Waals surface area (Å²) in [6.07, 6.45) is 0. The summed E-state index contributed by atoms with van der Waals surface area (Å²) in [6, 6.07) is 11.5. The first-order chi connectivity index (χ1) is 10.0. The number of ether oxygens (including phenoxy) is 1. The van der Waals surface area contributed by atoms with Gasteiger partial charge < -0.3 is 9.64 Å². The van der Waals surface area contributed by atoms with Gasteiger partial charge in [0.2, 0.25) is 5.82 Å². The van der Waals surface area contributed by atoms with Crippen molar-refractivity contribution in [2.75, 3.05) is 19.1 Å². The van der Waals surface area contributed by atoms with Gasteiger partial charge in [-0.25, -0.2) is 0 Å². The second-order valence-electron chi connectivity index (χ2n) is 4.56. The van der Waals surface area contributed by atoms with Gasteiger partial charge in [0.1, 0.15) is 5.75 Å². The van der Waals surface area contributed by atoms with Crippen LogP contribution in [0.2, 0.25) is 0 Å². The van der Waals surface area contributed by atoms with Gasteiger partial charge in [-0.3, -0.25) is 10.1 Å². The van der Waals surface area contributed by atoms with Crippen LogP contribution in [0.15, 0.2) is 42.5 Å². The maximum atomic E-state index is 14.0. The number of anilines is 1. The minimum absolute atomic E-state index is 0.236. The second kappa shape index (κ2) is 6.21. The minimum Gasteiger partial charge on any atom is -0.497 e. The Morgan fingerprint density at radius 3 is 2.48 bits per heavy atom. The maximum absolute atomic E-state index is 14.0. The average molecular weight is 290 g/mol. The predicted molar refractivity (Wildman–Crippen MR) is 78.2 cm³/mol. The molecule has 0 N–H and O–H groups in total. The van der Waals surface area contributed by atoms with Crippen LogP contribution >= 0.6 is 0 Å². The summed E-state index contributed by atoms with van der Waals surface area (Å²) in [7, 11) is 3.37. The third-order valence-electron chi connectivity index (χ3n) is 3.18. The number of halogens is 1. The lowest BCUT2D eigenvalue weighted by atomic mass is 10.1. The van der Waals surface area contributed by atoms with Crippen LogP contribution in [0.5, 0.6) is 5.75 Å². The lowest BCUT2D eigenvalue weighted by molar-refractivity contribution is -0.387. The molecule has 0 heterocycles. The van der Waals surface area contributed by atoms with E-state index in [4.69, 9.17) is 4.74 Å². The second-order valence-corrected chi connectivity index (χ2v) is 4.56. The van der Waals surface area contributed by atoms with E-state index in [1.165, 1.54) is 6.07 Å². The smallest absolute Gasteiger partial charge is 0.305 e. The van der Waals surface area contributed by atoms with Crippen LogP contribution < -0.4 is 9.64 Å². The Labute approximate surface area is 121 Å². The van der Waals surface area contributed by atoms with Crippen molar-refractivity contribution in [2.45, 2.75) is 6.54 Å². The SMILES string of the molecule is COc1ccc(N(C)Cc2cccc([N+](=O)[O-])c2F)cc1. The summed E-state index contributed by atoms with van der Waals surface area (Å²) >= 11 is 0. The molecule has 0 bridgehead atoms. The molecule has 2 aromatic rings. The van der Waals surface area contributed by atoms with Crippen LogP contribution in [0.3, 0.4) is 0 Å². The number of rotatable bonds is 5. The molecular weight excluding hydrogens is 275 g/mol. The number of hydrogen-bond acceptors (Lipinski definition) is 4. The van der Waals surface area contributed by atoms with Crippen molar-refractivity contribution < 1.29 is 14.1 Å². The summed E-state index contributed by atoms with van der Waals surface area (Å²) in [4.78, 5) is 11.8. The monoisotopic (exact) mass is 290 g/mol. The fourth-order valence-corrected chi connectivity index (χ4v) is 2.01. The Kier molecular flexibility index (Phi) is 4.37. The molecule has 0 radical (unpaired) electrons. The van der Waals surface area contributed by atoms with E-state index in [1.54, 1.807) is 32.4 Å². The van der Waals surface area contributed by atoms with Gasteiger partial charge in [-0.1, -0.05) is 12.1 Å². The number of hydrogen-bond donors (Lipinski definition) is 0. The van der Waals surface area contributed by atoms with E-state index >= 15 is 0 Å². The highest BCUT2D eigenvalue weighted by Crippen LogP contribution is 2.24. The summed E-state index contributed by atoms with van der Waals surface area (Å²) < 4.78 is 19.1. The molecule has 5 nitrogen and oxygen atoms in total. The van der Waals surface area contributed by atoms with E-state index in [0.29, 0.717) is 0 Å². The van der Waals surface area contributed by atoms with Crippen molar-refractivity contribution in [2.24, 2.45) is 0 Å². The molecule has 21 heavy (non-hydrogen) atoms. The van der Waals surface area contributed by atoms with Gasteiger partial charge in [0.05, 0.1) is 12.0 Å². The first-order valence-electron chi connectivity index (χ1n) is 6.30. The standard InChI is InChI=1S/C15H15FN2O3/c1-17(12-6-8-13(21-2)9-7-12)10-11-4-3-5-14(15(11)16)18(19)20/h3-9H,10H2,1-2H3. The third-order valence-corrected chi connectivity index (χ3v) is 3.18. The molecule has 0 atom stereocenters. The normalized spacial score (nSPS) is 10.2. The number of nitro groups is 1. The number of methoxy groups -OCH3 is 1. The van der Waals surface area contributed by atoms with E-state index in [-0.39, 0.29) is 12.1 Å². The third kappa shape index (κ3) is 3.28. The van der Waals surface area contributed by atoms with Crippen molar-refractivity contribution in [3.8, 4) is 5.75 Å². The van der Waals surface area contributed by atoms with Gasteiger partial charge in [-0.2, -0.15) is 4.39 Å². The van der Waals surface area contributed by atoms with Gasteiger partial charge in [-0.05, 0) is 24.3 Å². The molecule has 0 aliphatic heterocycles. The van der Waals surface area contributed by atoms with Crippen molar-refractivity contribution >= 4 is 11.4 Å². The van der Waals surface area contributed by atoms with Crippen LogP contribution in [-0.4, -0.2) is 19.1 Å². The Morgan fingerprint density at radius 2 is 1.90 bits per heavy atom. The molecule has 0 aromatic heterocycles. The van der Waals surface area contributed by atoms with Gasteiger partial charge in [0.25, 0.3) is 0 Å². The van der Waals surface area contributed by atoms with Gasteiger partial charge in [0.15, 0.2) is 0 Å². The number of nitro benzene ring substituents is 1. The molecule has 2 rings (SSSR count). The zero-order valence-corrected chi connectivity index (χ0v) is 11.7. The average Bonchev–Trinajstić information content (AvgIpc) is 2.49. The molecular formula is C15H15FN2O3. The highest BCUT2D eigenvalue weighted by atomic mass is 19.1. The number of benzene rings is 2. The summed E-state index contributed by atoms with van der Waals surface area (Å²) in [5.41, 5.74) is 0.639. The highest BCUT2D eigenvalue weighted by Gasteiger charge is 2.18. The van der Waals surface area contributed by atoms with Crippen LogP contribution in [0.1, 0.15) is 5.56 Å². The topological polar surface area (TPSA) is 55.6 Å². The summed E-state index contributed by atoms with van der Waals surface area (Å²) in [5, 5.41) is 10.7. The Morgan fingerprint density at radius 1 is 1.24 bits per heavy atom. The zero-order chi connectivity index (χ0) is 15.4. The zero-order valence-electron chi connectivity index (χ0n) is 11.7. The largest absolute Gasteiger partial charge is 0.497 e. The van der Waals surface area contributed by atoms with Crippen molar-refractivity contribution in [3.05, 3.63) is 64.0 Å². The summed E-state index contributed by atoms with van der Waals surface area (Å²) in [6.45, 7) is 0.236. The maximum Gasteiger partial charge on any atom is 0.305 e. The van der Waals surface area contributed by atoms with Gasteiger partial charge in [0, 0.05) is 30.9 Å². The fourth-order valence-electron chi connectivity index (χ4n) is 2.01. The number of nitrogens with zero attached hydrogens (tertiary/aromatic N) is 2. The molecule has 0 spiro atoms. The van der Waals surface area contributed by atoms with Crippen LogP contribution in [0, 0.1) is 15.9 Å². The molecule has 0 saturated heterocycles. The van der Waals surface area contributed by atoms with Crippen LogP contribution in [0.4, 0.5) is 15.8 Å². The van der Waals surface area contributed by atoms with E-state index in [1.807, 2.05) is 17.0 Å². The predicted octanol–water partition coefficient (Wildman–Crippen LogP) is 3.38. The van der Waals surface area contributed by atoms with Gasteiger partial charge >= 0.3 is 5.69 Å². The lowest BCUT2D eigenvalue weighted by Gasteiger charge is -2.20. The van der Waals surface area contributed by atoms with E-state index < -0.39 is 16.4 Å². The quantitative estimate of drug-likeness (QED) is 0.625. The Bertz CT molecular complexity index is 644. The molecule has 6 heteroatoms. The van der Waals surface area contributed by atoms with Crippen LogP contribution in [0.25, 0.3) is 0 Å². The first-order valence-corrected chi connectivity index (χ1v) is 6.30. The lowest BCUT2D eigenvalue weighted by Crippen LogP contribution is -2.17. The fraction of sp³-hybridized carbons (Fsp3) is 0.200. The molecule has 110 valence electrons. The first kappa shape index (κ1) is 14.8. The van der Waals surface area contributed by atoms with E-state index in [9.17, 15) is 14.5 Å². The van der Waals surface area contributed by atoms with Crippen molar-refractivity contribution in [3.63, 3.8) is 0 Å². The van der Waals surface area contributed by atoms with E-state index in [2.05, 4.69) is 0 Å². The molecule has 0 fully saturated rings. The molecule has 0 unspecified atom stereocenters. The van der Waals surface area contributed by atoms with E-state index in [0.717, 1.165) is 17.5 Å². The molecule has 2 aromatic carbocycles. The summed E-state index contributed by atoms with van der Waals surface area (Å²) in [5.74, 6) is -0.0588.